The molecule has 0 unspecified atom stereocenters. The lowest BCUT2D eigenvalue weighted by atomic mass is 9.95. The summed E-state index contributed by atoms with van der Waals surface area (Å²) in [4.78, 5) is 14.7. The third-order valence-electron chi connectivity index (χ3n) is 5.58. The average molecular weight is 337 g/mol. The molecule has 1 aliphatic carbocycles. The summed E-state index contributed by atoms with van der Waals surface area (Å²) in [6.07, 6.45) is 6.32. The number of hydrogen-bond acceptors (Lipinski definition) is 2. The molecule has 0 aromatic heterocycles. The summed E-state index contributed by atoms with van der Waals surface area (Å²) in [5.74, 6) is 2.02. The number of nitrogens with zero attached hydrogens (tertiary/aromatic N) is 1. The topological polar surface area (TPSA) is 46.3 Å². The Labute approximate surface area is 146 Å². The van der Waals surface area contributed by atoms with Crippen molar-refractivity contribution in [2.45, 2.75) is 44.9 Å². The number of likely N-dealkylation sites (tertiary alicyclic amines) is 1. The summed E-state index contributed by atoms with van der Waals surface area (Å²) in [5, 5.41) is 0. The van der Waals surface area contributed by atoms with E-state index in [1.807, 2.05) is 17.0 Å². The van der Waals surface area contributed by atoms with Crippen molar-refractivity contribution in [2.24, 2.45) is 17.6 Å². The summed E-state index contributed by atoms with van der Waals surface area (Å²) in [6, 6.07) is 8.38. The Hall–Kier alpha value is -1.06. The van der Waals surface area contributed by atoms with Gasteiger partial charge in [0.05, 0.1) is 0 Å². The number of carbonyl (C=O) groups is 1. The van der Waals surface area contributed by atoms with Crippen molar-refractivity contribution in [3.63, 3.8) is 0 Å². The van der Waals surface area contributed by atoms with Crippen LogP contribution >= 0.6 is 12.4 Å². The average Bonchev–Trinajstić information content (AvgIpc) is 3.18. The van der Waals surface area contributed by atoms with E-state index in [2.05, 4.69) is 19.1 Å². The molecule has 1 aliphatic heterocycles. The van der Waals surface area contributed by atoms with Gasteiger partial charge in [0.15, 0.2) is 0 Å². The summed E-state index contributed by atoms with van der Waals surface area (Å²) in [5.41, 5.74) is 7.92. The summed E-state index contributed by atoms with van der Waals surface area (Å²) >= 11 is 0. The van der Waals surface area contributed by atoms with Gasteiger partial charge in [-0.3, -0.25) is 4.79 Å². The molecule has 1 aromatic rings. The molecular formula is C19H29ClN2O. The van der Waals surface area contributed by atoms with Gasteiger partial charge >= 0.3 is 0 Å². The first-order valence-corrected chi connectivity index (χ1v) is 8.78. The van der Waals surface area contributed by atoms with Crippen LogP contribution in [0.3, 0.4) is 0 Å². The molecule has 4 heteroatoms. The van der Waals surface area contributed by atoms with Crippen molar-refractivity contribution in [1.82, 2.24) is 4.90 Å². The maximum Gasteiger partial charge on any atom is 0.253 e. The largest absolute Gasteiger partial charge is 0.338 e. The normalized spacial score (nSPS) is 24.7. The molecule has 2 atom stereocenters. The van der Waals surface area contributed by atoms with Crippen molar-refractivity contribution >= 4 is 18.3 Å². The second kappa shape index (κ2) is 8.16. The van der Waals surface area contributed by atoms with Crippen LogP contribution in [0.1, 0.15) is 60.9 Å². The maximum atomic E-state index is 12.7. The van der Waals surface area contributed by atoms with Crippen LogP contribution < -0.4 is 5.73 Å². The Morgan fingerprint density at radius 3 is 2.43 bits per heavy atom. The minimum Gasteiger partial charge on any atom is -0.338 e. The van der Waals surface area contributed by atoms with Gasteiger partial charge in [-0.05, 0) is 61.3 Å². The van der Waals surface area contributed by atoms with E-state index in [0.29, 0.717) is 24.3 Å². The molecule has 0 bridgehead atoms. The predicted octanol–water partition coefficient (Wildman–Crippen LogP) is 3.82. The van der Waals surface area contributed by atoms with Crippen LogP contribution in [0.5, 0.6) is 0 Å². The first-order chi connectivity index (χ1) is 10.7. The van der Waals surface area contributed by atoms with Crippen molar-refractivity contribution in [3.8, 4) is 0 Å². The lowest BCUT2D eigenvalue weighted by Gasteiger charge is -2.17. The first-order valence-electron chi connectivity index (χ1n) is 8.78. The molecule has 0 radical (unpaired) electrons. The lowest BCUT2D eigenvalue weighted by Crippen LogP contribution is -2.29. The third kappa shape index (κ3) is 4.07. The van der Waals surface area contributed by atoms with E-state index in [4.69, 9.17) is 5.73 Å². The van der Waals surface area contributed by atoms with E-state index < -0.39 is 0 Å². The molecule has 2 fully saturated rings. The zero-order chi connectivity index (χ0) is 15.5. The fourth-order valence-corrected chi connectivity index (χ4v) is 4.13. The van der Waals surface area contributed by atoms with Gasteiger partial charge < -0.3 is 10.6 Å². The number of halogens is 1. The molecule has 1 heterocycles. The van der Waals surface area contributed by atoms with Gasteiger partial charge in [-0.1, -0.05) is 31.9 Å². The number of amides is 1. The molecule has 1 aromatic carbocycles. The number of rotatable bonds is 4. The Balaban J connectivity index is 0.00000192. The molecule has 1 amide bonds. The molecule has 1 saturated carbocycles. The van der Waals surface area contributed by atoms with Crippen molar-refractivity contribution in [2.75, 3.05) is 19.6 Å². The maximum absolute atomic E-state index is 12.7. The van der Waals surface area contributed by atoms with Gasteiger partial charge in [0.25, 0.3) is 5.91 Å². The van der Waals surface area contributed by atoms with E-state index >= 15 is 0 Å². The fraction of sp³-hybridized carbons (Fsp3) is 0.632. The highest BCUT2D eigenvalue weighted by molar-refractivity contribution is 5.94. The van der Waals surface area contributed by atoms with E-state index in [1.165, 1.54) is 31.2 Å². The molecule has 2 aliphatic rings. The highest BCUT2D eigenvalue weighted by Crippen LogP contribution is 2.34. The van der Waals surface area contributed by atoms with Gasteiger partial charge in [0.2, 0.25) is 0 Å². The zero-order valence-corrected chi connectivity index (χ0v) is 14.9. The highest BCUT2D eigenvalue weighted by Gasteiger charge is 2.32. The number of benzene rings is 1. The van der Waals surface area contributed by atoms with Gasteiger partial charge in [-0.15, -0.1) is 12.4 Å². The SMILES string of the molecule is C[C@@H]1CN(C(=O)c2ccc(C3CCCC3)cc2)C[C@H]1CCN.Cl. The first kappa shape index (κ1) is 18.3. The Bertz CT molecular complexity index is 511. The molecule has 0 spiro atoms. The highest BCUT2D eigenvalue weighted by atomic mass is 35.5. The van der Waals surface area contributed by atoms with Crippen molar-refractivity contribution in [1.29, 1.82) is 0 Å². The van der Waals surface area contributed by atoms with Crippen molar-refractivity contribution < 1.29 is 4.79 Å². The standard InChI is InChI=1S/C19H28N2O.ClH/c1-14-12-21(13-18(14)10-11-20)19(22)17-8-6-16(7-9-17)15-4-2-3-5-15;/h6-9,14-15,18H,2-5,10-13,20H2,1H3;1H/t14-,18-;/m1./s1. The molecule has 3 nitrogen and oxygen atoms in total. The minimum absolute atomic E-state index is 0. The van der Waals surface area contributed by atoms with E-state index in [9.17, 15) is 4.79 Å². The molecule has 3 rings (SSSR count). The zero-order valence-electron chi connectivity index (χ0n) is 14.0. The second-order valence-corrected chi connectivity index (χ2v) is 7.13. The van der Waals surface area contributed by atoms with Crippen LogP contribution in [0.2, 0.25) is 0 Å². The van der Waals surface area contributed by atoms with Crippen molar-refractivity contribution in [3.05, 3.63) is 35.4 Å². The van der Waals surface area contributed by atoms with E-state index in [1.54, 1.807) is 0 Å². The van der Waals surface area contributed by atoms with Crippen LogP contribution in [0.4, 0.5) is 0 Å². The van der Waals surface area contributed by atoms with E-state index in [-0.39, 0.29) is 18.3 Å². The quantitative estimate of drug-likeness (QED) is 0.908. The van der Waals surface area contributed by atoms with Gasteiger partial charge in [0, 0.05) is 18.7 Å². The van der Waals surface area contributed by atoms with Crippen LogP contribution in [-0.2, 0) is 0 Å². The van der Waals surface area contributed by atoms with Gasteiger partial charge in [-0.2, -0.15) is 0 Å². The Morgan fingerprint density at radius 2 is 1.83 bits per heavy atom. The summed E-state index contributed by atoms with van der Waals surface area (Å²) < 4.78 is 0. The fourth-order valence-electron chi connectivity index (χ4n) is 4.13. The Morgan fingerprint density at radius 1 is 1.17 bits per heavy atom. The van der Waals surface area contributed by atoms with Gasteiger partial charge in [0.1, 0.15) is 0 Å². The summed E-state index contributed by atoms with van der Waals surface area (Å²) in [6.45, 7) is 4.68. The number of hydrogen-bond donors (Lipinski definition) is 1. The van der Waals surface area contributed by atoms with Crippen LogP contribution in [-0.4, -0.2) is 30.4 Å². The third-order valence-corrected chi connectivity index (χ3v) is 5.58. The molecule has 128 valence electrons. The van der Waals surface area contributed by atoms with Crippen LogP contribution in [0.15, 0.2) is 24.3 Å². The van der Waals surface area contributed by atoms with Gasteiger partial charge in [-0.25, -0.2) is 0 Å². The van der Waals surface area contributed by atoms with Crippen LogP contribution in [0, 0.1) is 11.8 Å². The molecule has 23 heavy (non-hydrogen) atoms. The van der Waals surface area contributed by atoms with E-state index in [0.717, 1.165) is 25.1 Å². The molecule has 2 N–H and O–H groups in total. The predicted molar refractivity (Wildman–Crippen MR) is 97.1 cm³/mol. The number of carbonyl (C=O) groups excluding carboxylic acids is 1. The lowest BCUT2D eigenvalue weighted by molar-refractivity contribution is 0.0784. The molecule has 1 saturated heterocycles. The smallest absolute Gasteiger partial charge is 0.253 e. The van der Waals surface area contributed by atoms with Crippen LogP contribution in [0.25, 0.3) is 0 Å². The minimum atomic E-state index is 0. The summed E-state index contributed by atoms with van der Waals surface area (Å²) in [7, 11) is 0. The Kier molecular flexibility index (Phi) is 6.49. The monoisotopic (exact) mass is 336 g/mol. The molecular weight excluding hydrogens is 308 g/mol. The second-order valence-electron chi connectivity index (χ2n) is 7.13. The number of nitrogens with two attached hydrogens (primary N) is 1.